The standard InChI is InChI=1S/C20H27ClN2.ClH/c1-19(2)8-7-16(10-23-13-20(14-23)11-22-12-20)18(9-19)15-3-5-17(21)6-4-15;/h3-6,22H,7-14H2,1-2H3;1H. The summed E-state index contributed by atoms with van der Waals surface area (Å²) in [5.41, 5.74) is 5.64. The normalized spacial score (nSPS) is 25.0. The van der Waals surface area contributed by atoms with Crippen LogP contribution in [0.3, 0.4) is 0 Å². The average molecular weight is 367 g/mol. The zero-order valence-corrected chi connectivity index (χ0v) is 16.3. The molecule has 2 saturated heterocycles. The summed E-state index contributed by atoms with van der Waals surface area (Å²) >= 11 is 6.08. The van der Waals surface area contributed by atoms with Crippen LogP contribution in [0.1, 0.15) is 38.7 Å². The summed E-state index contributed by atoms with van der Waals surface area (Å²) in [6, 6.07) is 8.46. The maximum Gasteiger partial charge on any atom is 0.0406 e. The number of hydrogen-bond donors (Lipinski definition) is 1. The third-order valence-electron chi connectivity index (χ3n) is 5.91. The molecule has 132 valence electrons. The molecule has 1 aromatic rings. The highest BCUT2D eigenvalue weighted by Crippen LogP contribution is 2.44. The van der Waals surface area contributed by atoms with E-state index >= 15 is 0 Å². The van der Waals surface area contributed by atoms with E-state index in [4.69, 9.17) is 11.6 Å². The van der Waals surface area contributed by atoms with E-state index < -0.39 is 0 Å². The summed E-state index contributed by atoms with van der Waals surface area (Å²) in [5.74, 6) is 0. The first-order valence-corrected chi connectivity index (χ1v) is 9.23. The predicted octanol–water partition coefficient (Wildman–Crippen LogP) is 4.63. The fourth-order valence-corrected chi connectivity index (χ4v) is 4.58. The number of hydrogen-bond acceptors (Lipinski definition) is 2. The lowest BCUT2D eigenvalue weighted by Crippen LogP contribution is -2.71. The molecule has 0 aromatic heterocycles. The molecule has 0 atom stereocenters. The quantitative estimate of drug-likeness (QED) is 0.838. The van der Waals surface area contributed by atoms with Gasteiger partial charge in [-0.1, -0.05) is 43.2 Å². The van der Waals surface area contributed by atoms with Gasteiger partial charge in [0.1, 0.15) is 0 Å². The summed E-state index contributed by atoms with van der Waals surface area (Å²) in [6.45, 7) is 11.0. The van der Waals surface area contributed by atoms with Gasteiger partial charge in [-0.3, -0.25) is 4.90 Å². The van der Waals surface area contributed by atoms with E-state index in [-0.39, 0.29) is 12.4 Å². The number of benzene rings is 1. The lowest BCUT2D eigenvalue weighted by molar-refractivity contribution is -0.0339. The smallest absolute Gasteiger partial charge is 0.0406 e. The minimum absolute atomic E-state index is 0. The van der Waals surface area contributed by atoms with Crippen LogP contribution in [0, 0.1) is 10.8 Å². The predicted molar refractivity (Wildman–Crippen MR) is 105 cm³/mol. The van der Waals surface area contributed by atoms with Gasteiger partial charge in [0.05, 0.1) is 0 Å². The largest absolute Gasteiger partial charge is 0.315 e. The molecular formula is C20H28Cl2N2. The molecule has 2 aliphatic heterocycles. The Labute approximate surface area is 157 Å². The van der Waals surface area contributed by atoms with Gasteiger partial charge >= 0.3 is 0 Å². The van der Waals surface area contributed by atoms with Crippen LogP contribution < -0.4 is 5.32 Å². The molecule has 0 radical (unpaired) electrons. The zero-order chi connectivity index (χ0) is 16.1. The van der Waals surface area contributed by atoms with Crippen molar-refractivity contribution in [1.82, 2.24) is 10.2 Å². The Morgan fingerprint density at radius 2 is 1.79 bits per heavy atom. The van der Waals surface area contributed by atoms with Crippen LogP contribution in [-0.4, -0.2) is 37.6 Å². The number of nitrogens with one attached hydrogen (secondary N) is 1. The number of allylic oxidation sites excluding steroid dienone is 1. The van der Waals surface area contributed by atoms with E-state index in [1.54, 1.807) is 11.1 Å². The molecule has 0 saturated carbocycles. The molecule has 2 heterocycles. The minimum atomic E-state index is 0. The van der Waals surface area contributed by atoms with Gasteiger partial charge in [0, 0.05) is 43.2 Å². The van der Waals surface area contributed by atoms with Crippen molar-refractivity contribution >= 4 is 29.6 Å². The second-order valence-corrected chi connectivity index (χ2v) is 9.12. The van der Waals surface area contributed by atoms with Crippen LogP contribution in [0.2, 0.25) is 5.02 Å². The third kappa shape index (κ3) is 3.53. The first-order valence-electron chi connectivity index (χ1n) is 8.85. The summed E-state index contributed by atoms with van der Waals surface area (Å²) < 4.78 is 0. The van der Waals surface area contributed by atoms with Crippen LogP contribution >= 0.6 is 24.0 Å². The van der Waals surface area contributed by atoms with Crippen LogP contribution in [0.25, 0.3) is 5.57 Å². The van der Waals surface area contributed by atoms with Crippen LogP contribution in [0.4, 0.5) is 0 Å². The molecular weight excluding hydrogens is 339 g/mol. The summed E-state index contributed by atoms with van der Waals surface area (Å²) in [4.78, 5) is 2.64. The molecule has 4 heteroatoms. The number of nitrogens with zero attached hydrogens (tertiary/aromatic N) is 1. The van der Waals surface area contributed by atoms with Gasteiger partial charge in [-0.15, -0.1) is 12.4 Å². The molecule has 1 aliphatic carbocycles. The molecule has 1 spiro atoms. The van der Waals surface area contributed by atoms with Gasteiger partial charge in [-0.25, -0.2) is 0 Å². The van der Waals surface area contributed by atoms with E-state index in [0.717, 1.165) is 11.6 Å². The maximum absolute atomic E-state index is 6.08. The van der Waals surface area contributed by atoms with Gasteiger partial charge < -0.3 is 5.32 Å². The number of likely N-dealkylation sites (tertiary alicyclic amines) is 1. The molecule has 2 fully saturated rings. The van der Waals surface area contributed by atoms with E-state index in [0.29, 0.717) is 10.8 Å². The first-order chi connectivity index (χ1) is 10.9. The first kappa shape index (κ1) is 18.3. The Kier molecular flexibility index (Phi) is 5.05. The van der Waals surface area contributed by atoms with E-state index in [1.165, 1.54) is 51.0 Å². The number of rotatable bonds is 3. The molecule has 1 aromatic carbocycles. The van der Waals surface area contributed by atoms with Crippen LogP contribution in [-0.2, 0) is 0 Å². The molecule has 0 unspecified atom stereocenters. The Balaban J connectivity index is 0.00000169. The van der Waals surface area contributed by atoms with E-state index in [2.05, 4.69) is 36.2 Å². The summed E-state index contributed by atoms with van der Waals surface area (Å²) in [7, 11) is 0. The van der Waals surface area contributed by atoms with Crippen molar-refractivity contribution in [1.29, 1.82) is 0 Å². The van der Waals surface area contributed by atoms with Crippen molar-refractivity contribution < 1.29 is 0 Å². The Morgan fingerprint density at radius 1 is 1.12 bits per heavy atom. The van der Waals surface area contributed by atoms with Gasteiger partial charge in [0.15, 0.2) is 0 Å². The Bertz CT molecular complexity index is 622. The van der Waals surface area contributed by atoms with Crippen molar-refractivity contribution in [3.05, 3.63) is 40.4 Å². The van der Waals surface area contributed by atoms with Crippen LogP contribution in [0.15, 0.2) is 29.8 Å². The molecule has 1 N–H and O–H groups in total. The van der Waals surface area contributed by atoms with Crippen molar-refractivity contribution in [2.45, 2.75) is 33.1 Å². The molecule has 3 aliphatic rings. The highest BCUT2D eigenvalue weighted by Gasteiger charge is 2.47. The van der Waals surface area contributed by atoms with Crippen molar-refractivity contribution in [2.75, 3.05) is 32.7 Å². The zero-order valence-electron chi connectivity index (χ0n) is 14.7. The van der Waals surface area contributed by atoms with Gasteiger partial charge in [-0.05, 0) is 47.9 Å². The van der Waals surface area contributed by atoms with Crippen LogP contribution in [0.5, 0.6) is 0 Å². The minimum Gasteiger partial charge on any atom is -0.315 e. The van der Waals surface area contributed by atoms with Gasteiger partial charge in [-0.2, -0.15) is 0 Å². The fraction of sp³-hybridized carbons (Fsp3) is 0.600. The Hall–Kier alpha value is -0.540. The van der Waals surface area contributed by atoms with Gasteiger partial charge in [0.25, 0.3) is 0 Å². The maximum atomic E-state index is 6.08. The lowest BCUT2D eigenvalue weighted by Gasteiger charge is -2.56. The van der Waals surface area contributed by atoms with Gasteiger partial charge in [0.2, 0.25) is 0 Å². The van der Waals surface area contributed by atoms with Crippen molar-refractivity contribution in [3.8, 4) is 0 Å². The summed E-state index contributed by atoms with van der Waals surface area (Å²) in [5, 5.41) is 4.25. The molecule has 4 rings (SSSR count). The molecule has 2 nitrogen and oxygen atoms in total. The van der Waals surface area contributed by atoms with Crippen molar-refractivity contribution in [2.24, 2.45) is 10.8 Å². The third-order valence-corrected chi connectivity index (χ3v) is 6.16. The van der Waals surface area contributed by atoms with E-state index in [1.807, 2.05) is 12.1 Å². The lowest BCUT2D eigenvalue weighted by atomic mass is 9.71. The topological polar surface area (TPSA) is 15.3 Å². The Morgan fingerprint density at radius 3 is 2.38 bits per heavy atom. The molecule has 0 amide bonds. The number of halogens is 2. The highest BCUT2D eigenvalue weighted by molar-refractivity contribution is 6.30. The molecule has 24 heavy (non-hydrogen) atoms. The fourth-order valence-electron chi connectivity index (χ4n) is 4.45. The second-order valence-electron chi connectivity index (χ2n) is 8.68. The second kappa shape index (κ2) is 6.64. The summed E-state index contributed by atoms with van der Waals surface area (Å²) in [6.07, 6.45) is 3.73. The van der Waals surface area contributed by atoms with Crippen molar-refractivity contribution in [3.63, 3.8) is 0 Å². The highest BCUT2D eigenvalue weighted by atomic mass is 35.5. The van der Waals surface area contributed by atoms with E-state index in [9.17, 15) is 0 Å². The SMILES string of the molecule is CC1(C)CCC(CN2CC3(CNC3)C2)=C(c2ccc(Cl)cc2)C1.Cl. The monoisotopic (exact) mass is 366 g/mol. The average Bonchev–Trinajstić information content (AvgIpc) is 2.42. The molecule has 0 bridgehead atoms.